The summed E-state index contributed by atoms with van der Waals surface area (Å²) in [5.41, 5.74) is 0.495. The Hall–Kier alpha value is -2.60. The third-order valence-electron chi connectivity index (χ3n) is 6.28. The minimum Gasteiger partial charge on any atom is -0.0947 e. The summed E-state index contributed by atoms with van der Waals surface area (Å²) < 4.78 is 0. The number of thioether (sulfide) groups is 1. The topological polar surface area (TPSA) is 0 Å². The third kappa shape index (κ3) is 4.20. The number of hydrogen-bond acceptors (Lipinski definition) is 1. The molecule has 0 saturated carbocycles. The number of rotatable bonds is 6. The van der Waals surface area contributed by atoms with Crippen molar-refractivity contribution in [2.75, 3.05) is 0 Å². The van der Waals surface area contributed by atoms with Gasteiger partial charge < -0.3 is 0 Å². The first kappa shape index (κ1) is 21.3. The predicted octanol–water partition coefficient (Wildman–Crippen LogP) is 7.21. The van der Waals surface area contributed by atoms with Gasteiger partial charge in [0.2, 0.25) is 0 Å². The maximum Gasteiger partial charge on any atom is 0.118 e. The van der Waals surface area contributed by atoms with E-state index in [0.29, 0.717) is 5.66 Å². The highest BCUT2D eigenvalue weighted by molar-refractivity contribution is 8.03. The van der Waals surface area contributed by atoms with E-state index in [2.05, 4.69) is 127 Å². The molecule has 1 aliphatic rings. The largest absolute Gasteiger partial charge is 0.118 e. The Morgan fingerprint density at radius 1 is 0.562 bits per heavy atom. The number of allylic oxidation sites excluding steroid dienone is 2. The minimum absolute atomic E-state index is 0.495. The monoisotopic (exact) mass is 451 g/mol. The molecule has 0 amide bonds. The number of hydrogen-bond donors (Lipinski definition) is 0. The summed E-state index contributed by atoms with van der Waals surface area (Å²) in [5, 5.41) is 4.43. The fourth-order valence-electron chi connectivity index (χ4n) is 4.91. The zero-order valence-corrected chi connectivity index (χ0v) is 19.9. The van der Waals surface area contributed by atoms with E-state index in [1.807, 2.05) is 11.8 Å². The van der Waals surface area contributed by atoms with Crippen LogP contribution in [0.1, 0.15) is 19.3 Å². The molecule has 0 fully saturated rings. The maximum atomic E-state index is 2.63. The molecule has 4 aromatic carbocycles. The van der Waals surface area contributed by atoms with Crippen LogP contribution in [0.3, 0.4) is 0 Å². The standard InChI is InChI=1S/C30H28PS/c1-5-14-25(15-6-1)31(26-16-7-2-8-17-26,27-18-9-3-10-19-27)28-20-13-23-30(24-28)32-29-21-11-4-12-22-29/h1-12,14-19,21-22,24,28H,13,20,23H2/q+1/t28-/m1/s1. The molecule has 1 atom stereocenters. The molecule has 0 spiro atoms. The van der Waals surface area contributed by atoms with Crippen molar-refractivity contribution in [2.24, 2.45) is 0 Å². The summed E-state index contributed by atoms with van der Waals surface area (Å²) >= 11 is 1.95. The molecule has 32 heavy (non-hydrogen) atoms. The van der Waals surface area contributed by atoms with Crippen LogP contribution in [-0.2, 0) is 0 Å². The second-order valence-electron chi connectivity index (χ2n) is 8.24. The lowest BCUT2D eigenvalue weighted by Gasteiger charge is -2.35. The zero-order chi connectivity index (χ0) is 21.6. The lowest BCUT2D eigenvalue weighted by molar-refractivity contribution is 0.728. The van der Waals surface area contributed by atoms with Gasteiger partial charge in [0.25, 0.3) is 0 Å². The number of benzene rings is 4. The van der Waals surface area contributed by atoms with Crippen LogP contribution in [0.5, 0.6) is 0 Å². The molecule has 2 heteroatoms. The summed E-state index contributed by atoms with van der Waals surface area (Å²) in [4.78, 5) is 2.85. The van der Waals surface area contributed by atoms with Crippen molar-refractivity contribution in [1.29, 1.82) is 0 Å². The van der Waals surface area contributed by atoms with Crippen LogP contribution in [0, 0.1) is 0 Å². The van der Waals surface area contributed by atoms with E-state index in [9.17, 15) is 0 Å². The lowest BCUT2D eigenvalue weighted by Crippen LogP contribution is -2.38. The summed E-state index contributed by atoms with van der Waals surface area (Å²) in [7, 11) is -1.86. The SMILES string of the molecule is C1=C(Sc2ccccc2)CCC[C@H]1[P+](c1ccccc1)(c1ccccc1)c1ccccc1. The molecule has 0 unspecified atom stereocenters. The first-order valence-electron chi connectivity index (χ1n) is 11.4. The quantitative estimate of drug-likeness (QED) is 0.279. The van der Waals surface area contributed by atoms with Gasteiger partial charge in [0.1, 0.15) is 28.8 Å². The highest BCUT2D eigenvalue weighted by Gasteiger charge is 2.51. The molecule has 0 nitrogen and oxygen atoms in total. The molecule has 0 aromatic heterocycles. The molecule has 1 aliphatic carbocycles. The van der Waals surface area contributed by atoms with Gasteiger partial charge in [-0.25, -0.2) is 0 Å². The molecule has 5 rings (SSSR count). The van der Waals surface area contributed by atoms with Crippen LogP contribution in [0.25, 0.3) is 0 Å². The predicted molar refractivity (Wildman–Crippen MR) is 143 cm³/mol. The van der Waals surface area contributed by atoms with E-state index in [-0.39, 0.29) is 0 Å². The summed E-state index contributed by atoms with van der Waals surface area (Å²) in [6.07, 6.45) is 6.27. The van der Waals surface area contributed by atoms with Crippen LogP contribution < -0.4 is 15.9 Å². The van der Waals surface area contributed by atoms with Crippen LogP contribution >= 0.6 is 19.0 Å². The Labute approximate surface area is 196 Å². The van der Waals surface area contributed by atoms with Crippen molar-refractivity contribution in [2.45, 2.75) is 29.8 Å². The highest BCUT2D eigenvalue weighted by Crippen LogP contribution is 2.63. The van der Waals surface area contributed by atoms with Crippen molar-refractivity contribution in [3.63, 3.8) is 0 Å². The van der Waals surface area contributed by atoms with E-state index in [4.69, 9.17) is 0 Å². The first-order valence-corrected chi connectivity index (χ1v) is 14.0. The third-order valence-corrected chi connectivity index (χ3v) is 12.1. The molecule has 0 bridgehead atoms. The van der Waals surface area contributed by atoms with Crippen LogP contribution in [0.4, 0.5) is 0 Å². The van der Waals surface area contributed by atoms with Gasteiger partial charge in [0.15, 0.2) is 0 Å². The van der Waals surface area contributed by atoms with Crippen molar-refractivity contribution >= 4 is 34.9 Å². The second-order valence-corrected chi connectivity index (χ2v) is 13.1. The van der Waals surface area contributed by atoms with Gasteiger partial charge in [0, 0.05) is 4.90 Å². The van der Waals surface area contributed by atoms with Gasteiger partial charge in [-0.2, -0.15) is 0 Å². The molecule has 158 valence electrons. The molecular weight excluding hydrogens is 423 g/mol. The second kappa shape index (κ2) is 9.90. The van der Waals surface area contributed by atoms with Gasteiger partial charge in [-0.3, -0.25) is 0 Å². The average Bonchev–Trinajstić information content (AvgIpc) is 2.88. The zero-order valence-electron chi connectivity index (χ0n) is 18.2. The molecule has 0 N–H and O–H groups in total. The molecule has 0 saturated heterocycles. The van der Waals surface area contributed by atoms with Crippen LogP contribution in [0.2, 0.25) is 0 Å². The Bertz CT molecular complexity index is 1060. The Morgan fingerprint density at radius 3 is 1.47 bits per heavy atom. The van der Waals surface area contributed by atoms with Crippen molar-refractivity contribution in [3.05, 3.63) is 132 Å². The molecule has 0 radical (unpaired) electrons. The van der Waals surface area contributed by atoms with Gasteiger partial charge in [-0.05, 0) is 78.8 Å². The van der Waals surface area contributed by atoms with Crippen molar-refractivity contribution in [1.82, 2.24) is 0 Å². The van der Waals surface area contributed by atoms with Gasteiger partial charge in [0.05, 0.1) is 0 Å². The highest BCUT2D eigenvalue weighted by atomic mass is 32.2. The van der Waals surface area contributed by atoms with Crippen molar-refractivity contribution in [3.8, 4) is 0 Å². The van der Waals surface area contributed by atoms with Crippen LogP contribution in [-0.4, -0.2) is 5.66 Å². The van der Waals surface area contributed by atoms with Gasteiger partial charge >= 0.3 is 0 Å². The van der Waals surface area contributed by atoms with E-state index < -0.39 is 7.26 Å². The Kier molecular flexibility index (Phi) is 6.58. The Balaban J connectivity index is 1.70. The molecule has 0 aliphatic heterocycles. The van der Waals surface area contributed by atoms with E-state index >= 15 is 0 Å². The van der Waals surface area contributed by atoms with Crippen LogP contribution in [0.15, 0.2) is 137 Å². The van der Waals surface area contributed by atoms with E-state index in [1.165, 1.54) is 45.0 Å². The van der Waals surface area contributed by atoms with Gasteiger partial charge in [-0.15, -0.1) is 0 Å². The lowest BCUT2D eigenvalue weighted by atomic mass is 10.1. The van der Waals surface area contributed by atoms with E-state index in [1.54, 1.807) is 0 Å². The molecular formula is C30H28PS+. The summed E-state index contributed by atoms with van der Waals surface area (Å²) in [5.74, 6) is 0. The smallest absolute Gasteiger partial charge is 0.0947 e. The average molecular weight is 452 g/mol. The molecule has 0 heterocycles. The maximum absolute atomic E-state index is 2.63. The normalized spacial score (nSPS) is 16.4. The fourth-order valence-corrected chi connectivity index (χ4v) is 11.0. The fraction of sp³-hybridized carbons (Fsp3) is 0.133. The summed E-state index contributed by atoms with van der Waals surface area (Å²) in [6.45, 7) is 0. The minimum atomic E-state index is -1.86. The van der Waals surface area contributed by atoms with Gasteiger partial charge in [-0.1, -0.05) is 84.6 Å². The summed E-state index contributed by atoms with van der Waals surface area (Å²) in [6, 6.07) is 44.7. The Morgan fingerprint density at radius 2 is 1.00 bits per heavy atom. The molecule has 4 aromatic rings. The first-order chi connectivity index (χ1) is 15.9. The van der Waals surface area contributed by atoms with E-state index in [0.717, 1.165) is 0 Å². The van der Waals surface area contributed by atoms with Crippen molar-refractivity contribution < 1.29 is 0 Å².